The van der Waals surface area contributed by atoms with Crippen molar-refractivity contribution in [2.24, 2.45) is 5.92 Å². The lowest BCUT2D eigenvalue weighted by Gasteiger charge is -2.09. The number of furan rings is 1. The van der Waals surface area contributed by atoms with Crippen molar-refractivity contribution in [3.05, 3.63) is 54.1 Å². The average Bonchev–Trinajstić information content (AvgIpc) is 3.37. The van der Waals surface area contributed by atoms with Gasteiger partial charge in [-0.3, -0.25) is 4.79 Å². The van der Waals surface area contributed by atoms with E-state index >= 15 is 0 Å². The Morgan fingerprint density at radius 3 is 2.54 bits per heavy atom. The van der Waals surface area contributed by atoms with Crippen molar-refractivity contribution >= 4 is 22.9 Å². The van der Waals surface area contributed by atoms with Crippen LogP contribution in [0.5, 0.6) is 5.75 Å². The van der Waals surface area contributed by atoms with Crippen LogP contribution < -0.4 is 4.74 Å². The maximum absolute atomic E-state index is 12.7. The zero-order valence-corrected chi connectivity index (χ0v) is 15.8. The predicted molar refractivity (Wildman–Crippen MR) is 105 cm³/mol. The van der Waals surface area contributed by atoms with Gasteiger partial charge in [-0.1, -0.05) is 43.2 Å². The fourth-order valence-electron chi connectivity index (χ4n) is 3.70. The molecule has 0 amide bonds. The van der Waals surface area contributed by atoms with Gasteiger partial charge in [0.15, 0.2) is 0 Å². The maximum atomic E-state index is 12.7. The molecule has 0 spiro atoms. The molecule has 1 aromatic heterocycles. The topological polar surface area (TPSA) is 65.7 Å². The number of hydrogen-bond donors (Lipinski definition) is 0. The molecule has 0 unspecified atom stereocenters. The molecule has 1 heterocycles. The van der Waals surface area contributed by atoms with Crippen molar-refractivity contribution in [3.8, 4) is 17.1 Å². The van der Waals surface area contributed by atoms with Gasteiger partial charge in [0.05, 0.1) is 12.5 Å². The second-order valence-corrected chi connectivity index (χ2v) is 6.95. The standard InChI is InChI=1S/C23H22O5/c1-2-26-23(25)20-18-14-17(27-22(24)16-10-6-7-11-16)12-13-19(18)28-21(20)15-8-4-3-5-9-15/h3-5,8-9,12-14,16H,2,6-7,10-11H2,1H3. The lowest BCUT2D eigenvalue weighted by Crippen LogP contribution is -2.17. The summed E-state index contributed by atoms with van der Waals surface area (Å²) >= 11 is 0. The molecule has 0 bridgehead atoms. The molecule has 5 nitrogen and oxygen atoms in total. The number of hydrogen-bond acceptors (Lipinski definition) is 5. The molecule has 0 radical (unpaired) electrons. The molecule has 5 heteroatoms. The van der Waals surface area contributed by atoms with Gasteiger partial charge in [0.25, 0.3) is 0 Å². The summed E-state index contributed by atoms with van der Waals surface area (Å²) in [5, 5.41) is 0.578. The Balaban J connectivity index is 1.75. The zero-order chi connectivity index (χ0) is 19.5. The first-order valence-electron chi connectivity index (χ1n) is 9.68. The Kier molecular flexibility index (Phi) is 5.15. The van der Waals surface area contributed by atoms with E-state index in [2.05, 4.69) is 0 Å². The SMILES string of the molecule is CCOC(=O)c1c(-c2ccccc2)oc2ccc(OC(=O)C3CCCC3)cc12. The van der Waals surface area contributed by atoms with Crippen LogP contribution in [0.15, 0.2) is 52.9 Å². The summed E-state index contributed by atoms with van der Waals surface area (Å²) in [6.07, 6.45) is 3.87. The highest BCUT2D eigenvalue weighted by Gasteiger charge is 2.26. The zero-order valence-electron chi connectivity index (χ0n) is 15.8. The molecule has 144 valence electrons. The summed E-state index contributed by atoms with van der Waals surface area (Å²) in [7, 11) is 0. The number of carbonyl (C=O) groups is 2. The largest absolute Gasteiger partial charge is 0.462 e. The fourth-order valence-corrected chi connectivity index (χ4v) is 3.70. The lowest BCUT2D eigenvalue weighted by molar-refractivity contribution is -0.138. The first-order chi connectivity index (χ1) is 13.7. The van der Waals surface area contributed by atoms with Gasteiger partial charge in [0, 0.05) is 10.9 Å². The van der Waals surface area contributed by atoms with Crippen molar-refractivity contribution in [3.63, 3.8) is 0 Å². The molecular weight excluding hydrogens is 356 g/mol. The molecule has 28 heavy (non-hydrogen) atoms. The normalized spacial score (nSPS) is 14.3. The third kappa shape index (κ3) is 3.52. The first-order valence-corrected chi connectivity index (χ1v) is 9.68. The summed E-state index contributed by atoms with van der Waals surface area (Å²) < 4.78 is 16.8. The molecule has 0 N–H and O–H groups in total. The summed E-state index contributed by atoms with van der Waals surface area (Å²) in [5.74, 6) is 0.161. The highest BCUT2D eigenvalue weighted by molar-refractivity contribution is 6.09. The van der Waals surface area contributed by atoms with Crippen LogP contribution in [-0.2, 0) is 9.53 Å². The van der Waals surface area contributed by atoms with E-state index in [1.54, 1.807) is 25.1 Å². The Morgan fingerprint density at radius 2 is 1.82 bits per heavy atom. The minimum absolute atomic E-state index is 0.0375. The van der Waals surface area contributed by atoms with Gasteiger partial charge < -0.3 is 13.9 Å². The third-order valence-electron chi connectivity index (χ3n) is 5.08. The molecule has 1 aliphatic carbocycles. The van der Waals surface area contributed by atoms with Crippen LogP contribution in [-0.4, -0.2) is 18.5 Å². The van der Waals surface area contributed by atoms with Gasteiger partial charge in [0.2, 0.25) is 0 Å². The molecule has 1 fully saturated rings. The van der Waals surface area contributed by atoms with E-state index in [-0.39, 0.29) is 18.5 Å². The van der Waals surface area contributed by atoms with Crippen LogP contribution in [0.1, 0.15) is 43.0 Å². The molecular formula is C23H22O5. The highest BCUT2D eigenvalue weighted by Crippen LogP contribution is 2.36. The minimum Gasteiger partial charge on any atom is -0.462 e. The van der Waals surface area contributed by atoms with Crippen LogP contribution >= 0.6 is 0 Å². The first kappa shape index (κ1) is 18.3. The van der Waals surface area contributed by atoms with Crippen molar-refractivity contribution in [2.75, 3.05) is 6.61 Å². The van der Waals surface area contributed by atoms with E-state index in [9.17, 15) is 9.59 Å². The third-order valence-corrected chi connectivity index (χ3v) is 5.08. The summed E-state index contributed by atoms with van der Waals surface area (Å²) in [6, 6.07) is 14.5. The highest BCUT2D eigenvalue weighted by atomic mass is 16.5. The number of carbonyl (C=O) groups excluding carboxylic acids is 2. The Labute approximate surface area is 163 Å². The number of benzene rings is 2. The fraction of sp³-hybridized carbons (Fsp3) is 0.304. The minimum atomic E-state index is -0.459. The summed E-state index contributed by atoms with van der Waals surface area (Å²) in [5.41, 5.74) is 1.68. The van der Waals surface area contributed by atoms with E-state index in [1.807, 2.05) is 30.3 Å². The van der Waals surface area contributed by atoms with Gasteiger partial charge >= 0.3 is 11.9 Å². The van der Waals surface area contributed by atoms with E-state index in [0.29, 0.717) is 28.0 Å². The predicted octanol–water partition coefficient (Wildman–Crippen LogP) is 5.37. The lowest BCUT2D eigenvalue weighted by atomic mass is 10.1. The molecule has 3 aromatic rings. The van der Waals surface area contributed by atoms with E-state index in [0.717, 1.165) is 31.2 Å². The molecule has 0 aliphatic heterocycles. The molecule has 4 rings (SSSR count). The summed E-state index contributed by atoms with van der Waals surface area (Å²) in [6.45, 7) is 2.02. The van der Waals surface area contributed by atoms with Crippen molar-refractivity contribution < 1.29 is 23.5 Å². The van der Waals surface area contributed by atoms with Crippen molar-refractivity contribution in [1.29, 1.82) is 0 Å². The Bertz CT molecular complexity index is 997. The molecule has 1 aliphatic rings. The molecule has 1 saturated carbocycles. The van der Waals surface area contributed by atoms with E-state index in [1.165, 1.54) is 0 Å². The second kappa shape index (κ2) is 7.89. The van der Waals surface area contributed by atoms with Crippen LogP contribution in [0, 0.1) is 5.92 Å². The van der Waals surface area contributed by atoms with Gasteiger partial charge in [-0.25, -0.2) is 4.79 Å². The van der Waals surface area contributed by atoms with Crippen LogP contribution in [0.25, 0.3) is 22.3 Å². The monoisotopic (exact) mass is 378 g/mol. The number of rotatable bonds is 5. The van der Waals surface area contributed by atoms with Crippen LogP contribution in [0.4, 0.5) is 0 Å². The summed E-state index contributed by atoms with van der Waals surface area (Å²) in [4.78, 5) is 25.0. The number of fused-ring (bicyclic) bond motifs is 1. The molecule has 0 atom stereocenters. The van der Waals surface area contributed by atoms with Gasteiger partial charge in [0.1, 0.15) is 22.7 Å². The van der Waals surface area contributed by atoms with Crippen LogP contribution in [0.3, 0.4) is 0 Å². The Hall–Kier alpha value is -3.08. The number of esters is 2. The average molecular weight is 378 g/mol. The van der Waals surface area contributed by atoms with E-state index in [4.69, 9.17) is 13.9 Å². The molecule has 2 aromatic carbocycles. The second-order valence-electron chi connectivity index (χ2n) is 6.95. The maximum Gasteiger partial charge on any atom is 0.342 e. The van der Waals surface area contributed by atoms with Gasteiger partial charge in [-0.05, 0) is 38.0 Å². The smallest absolute Gasteiger partial charge is 0.342 e. The van der Waals surface area contributed by atoms with Crippen molar-refractivity contribution in [1.82, 2.24) is 0 Å². The Morgan fingerprint density at radius 1 is 1.07 bits per heavy atom. The molecule has 0 saturated heterocycles. The van der Waals surface area contributed by atoms with Gasteiger partial charge in [-0.15, -0.1) is 0 Å². The van der Waals surface area contributed by atoms with Gasteiger partial charge in [-0.2, -0.15) is 0 Å². The van der Waals surface area contributed by atoms with Crippen molar-refractivity contribution in [2.45, 2.75) is 32.6 Å². The number of ether oxygens (including phenoxy) is 2. The van der Waals surface area contributed by atoms with E-state index < -0.39 is 5.97 Å². The van der Waals surface area contributed by atoms with Crippen LogP contribution in [0.2, 0.25) is 0 Å². The quantitative estimate of drug-likeness (QED) is 0.441.